The summed E-state index contributed by atoms with van der Waals surface area (Å²) in [5, 5.41) is 10.5. The first-order valence-corrected chi connectivity index (χ1v) is 15.4. The van der Waals surface area contributed by atoms with Gasteiger partial charge in [0.1, 0.15) is 12.6 Å². The number of carbonyl (C=O) groups excluding carboxylic acids is 1. The van der Waals surface area contributed by atoms with Gasteiger partial charge in [0.25, 0.3) is 25.9 Å². The van der Waals surface area contributed by atoms with Crippen molar-refractivity contribution in [1.82, 2.24) is 0 Å². The molecule has 0 saturated carbocycles. The third-order valence-corrected chi connectivity index (χ3v) is 7.17. The maximum atomic E-state index is 11.6. The van der Waals surface area contributed by atoms with Crippen LogP contribution in [0.5, 0.6) is 0 Å². The molecule has 3 aromatic carbocycles. The number of rotatable bonds is 10. The number of benzene rings is 3. The van der Waals surface area contributed by atoms with Gasteiger partial charge in [-0.15, -0.1) is 0 Å². The zero-order valence-corrected chi connectivity index (χ0v) is 24.8. The van der Waals surface area contributed by atoms with Crippen molar-refractivity contribution in [3.05, 3.63) is 99.6 Å². The first-order valence-electron chi connectivity index (χ1n) is 12.5. The van der Waals surface area contributed by atoms with Gasteiger partial charge in [-0.2, -0.15) is 16.8 Å². The maximum Gasteiger partial charge on any atom is 0.323 e. The number of ether oxygens (including phenoxy) is 1. The van der Waals surface area contributed by atoms with Crippen molar-refractivity contribution in [2.24, 2.45) is 11.5 Å². The van der Waals surface area contributed by atoms with E-state index in [4.69, 9.17) is 25.3 Å². The molecule has 13 nitrogen and oxygen atoms in total. The Balaban J connectivity index is 0.000000340. The summed E-state index contributed by atoms with van der Waals surface area (Å²) in [4.78, 5) is 21.5. The molecule has 0 aliphatic carbocycles. The van der Waals surface area contributed by atoms with Crippen LogP contribution < -0.4 is 11.5 Å². The van der Waals surface area contributed by atoms with E-state index in [1.807, 2.05) is 13.8 Å². The smallest absolute Gasteiger partial charge is 0.323 e. The number of nitrogens with zero attached hydrogens (tertiary/aromatic N) is 1. The molecule has 0 spiro atoms. The van der Waals surface area contributed by atoms with Crippen molar-refractivity contribution in [3.8, 4) is 0 Å². The van der Waals surface area contributed by atoms with E-state index in [9.17, 15) is 31.7 Å². The van der Waals surface area contributed by atoms with Gasteiger partial charge >= 0.3 is 5.97 Å². The predicted molar refractivity (Wildman–Crippen MR) is 156 cm³/mol. The van der Waals surface area contributed by atoms with Gasteiger partial charge in [-0.3, -0.25) is 24.0 Å². The molecule has 6 N–H and O–H groups in total. The van der Waals surface area contributed by atoms with Crippen molar-refractivity contribution in [1.29, 1.82) is 0 Å². The van der Waals surface area contributed by atoms with Crippen molar-refractivity contribution >= 4 is 31.9 Å². The number of carbonyl (C=O) groups is 1. The van der Waals surface area contributed by atoms with E-state index in [2.05, 4.69) is 0 Å². The summed E-state index contributed by atoms with van der Waals surface area (Å²) >= 11 is 0. The molecule has 230 valence electrons. The van der Waals surface area contributed by atoms with Gasteiger partial charge in [0.05, 0.1) is 14.7 Å². The molecule has 0 saturated heterocycles. The van der Waals surface area contributed by atoms with Crippen molar-refractivity contribution in [3.63, 3.8) is 0 Å². The monoisotopic (exact) mass is 625 g/mol. The molecule has 0 aromatic heterocycles. The SMILES string of the molecule is Cc1ccc(S(=O)(=O)O)cc1.Cc1ccc(S(=O)(=O)O)cc1.NCCCC[C@H](N)C(=O)OCc1ccc([N+](=O)[O-])cc1. The second kappa shape index (κ2) is 17.3. The van der Waals surface area contributed by atoms with Gasteiger partial charge in [0, 0.05) is 12.1 Å². The van der Waals surface area contributed by atoms with E-state index < -0.39 is 37.2 Å². The highest BCUT2D eigenvalue weighted by atomic mass is 32.2. The van der Waals surface area contributed by atoms with Crippen LogP contribution >= 0.6 is 0 Å². The Kier molecular flexibility index (Phi) is 14.9. The molecule has 0 unspecified atom stereocenters. The van der Waals surface area contributed by atoms with Crippen LogP contribution in [0.4, 0.5) is 5.69 Å². The quantitative estimate of drug-likeness (QED) is 0.0832. The second-order valence-corrected chi connectivity index (χ2v) is 11.8. The van der Waals surface area contributed by atoms with Gasteiger partial charge in [-0.05, 0) is 75.2 Å². The average Bonchev–Trinajstić information content (AvgIpc) is 2.92. The van der Waals surface area contributed by atoms with E-state index in [0.29, 0.717) is 18.5 Å². The molecule has 0 fully saturated rings. The van der Waals surface area contributed by atoms with Crippen LogP contribution in [-0.2, 0) is 36.4 Å². The summed E-state index contributed by atoms with van der Waals surface area (Å²) in [5.74, 6) is -0.472. The summed E-state index contributed by atoms with van der Waals surface area (Å²) in [7, 11) is -8.04. The Labute approximate surface area is 245 Å². The van der Waals surface area contributed by atoms with Crippen LogP contribution in [0.2, 0.25) is 0 Å². The molecule has 42 heavy (non-hydrogen) atoms. The number of hydrogen-bond acceptors (Lipinski definition) is 10. The molecular formula is C27H35N3O10S2. The Hall–Kier alpha value is -3.73. The van der Waals surface area contributed by atoms with Gasteiger partial charge in [-0.1, -0.05) is 41.8 Å². The first-order chi connectivity index (χ1) is 19.5. The normalized spacial score (nSPS) is 11.7. The minimum atomic E-state index is -4.02. The number of nitro benzene ring substituents is 1. The number of esters is 1. The van der Waals surface area contributed by atoms with E-state index in [1.165, 1.54) is 36.4 Å². The molecule has 15 heteroatoms. The minimum Gasteiger partial charge on any atom is -0.460 e. The highest BCUT2D eigenvalue weighted by Crippen LogP contribution is 2.13. The fourth-order valence-corrected chi connectivity index (χ4v) is 3.98. The lowest BCUT2D eigenvalue weighted by Gasteiger charge is -2.11. The molecule has 1 atom stereocenters. The second-order valence-electron chi connectivity index (χ2n) is 9.00. The number of hydrogen-bond donors (Lipinski definition) is 4. The fraction of sp³-hybridized carbons (Fsp3) is 0.296. The molecule has 0 amide bonds. The van der Waals surface area contributed by atoms with Crippen LogP contribution in [0.25, 0.3) is 0 Å². The topological polar surface area (TPSA) is 230 Å². The summed E-state index contributed by atoms with van der Waals surface area (Å²) in [6.45, 7) is 4.31. The highest BCUT2D eigenvalue weighted by Gasteiger charge is 2.15. The Morgan fingerprint density at radius 3 is 1.62 bits per heavy atom. The lowest BCUT2D eigenvalue weighted by molar-refractivity contribution is -0.384. The number of non-ortho nitro benzene ring substituents is 1. The molecule has 3 aromatic rings. The van der Waals surface area contributed by atoms with E-state index in [0.717, 1.165) is 24.0 Å². The number of nitro groups is 1. The zero-order valence-electron chi connectivity index (χ0n) is 23.1. The predicted octanol–water partition coefficient (Wildman–Crippen LogP) is 3.58. The Morgan fingerprint density at radius 1 is 0.833 bits per heavy atom. The van der Waals surface area contributed by atoms with Gasteiger partial charge in [0.15, 0.2) is 0 Å². The molecule has 3 rings (SSSR count). The van der Waals surface area contributed by atoms with E-state index in [-0.39, 0.29) is 22.1 Å². The summed E-state index contributed by atoms with van der Waals surface area (Å²) in [6.07, 6.45) is 2.14. The minimum absolute atomic E-state index is 0.00133. The number of unbranched alkanes of at least 4 members (excludes halogenated alkanes) is 1. The van der Waals surface area contributed by atoms with Crippen LogP contribution in [0.3, 0.4) is 0 Å². The van der Waals surface area contributed by atoms with Crippen LogP contribution in [-0.4, -0.2) is 49.4 Å². The molecule has 0 radical (unpaired) electrons. The van der Waals surface area contributed by atoms with Crippen molar-refractivity contribution < 1.29 is 40.4 Å². The summed E-state index contributed by atoms with van der Waals surface area (Å²) in [6, 6.07) is 17.1. The first kappa shape index (κ1) is 36.3. The van der Waals surface area contributed by atoms with Crippen LogP contribution in [0, 0.1) is 24.0 Å². The van der Waals surface area contributed by atoms with Gasteiger partial charge < -0.3 is 16.2 Å². The zero-order chi connectivity index (χ0) is 31.9. The third kappa shape index (κ3) is 14.2. The maximum absolute atomic E-state index is 11.6. The van der Waals surface area contributed by atoms with E-state index in [1.54, 1.807) is 36.4 Å². The van der Waals surface area contributed by atoms with Gasteiger partial charge in [0.2, 0.25) is 0 Å². The third-order valence-electron chi connectivity index (χ3n) is 5.44. The lowest BCUT2D eigenvalue weighted by Crippen LogP contribution is -2.32. The van der Waals surface area contributed by atoms with Crippen molar-refractivity contribution in [2.45, 2.75) is 55.5 Å². The van der Waals surface area contributed by atoms with Crippen molar-refractivity contribution in [2.75, 3.05) is 6.54 Å². The Morgan fingerprint density at radius 2 is 1.26 bits per heavy atom. The molecule has 0 bridgehead atoms. The summed E-state index contributed by atoms with van der Waals surface area (Å²) < 4.78 is 64.2. The molecule has 0 aliphatic heterocycles. The fourth-order valence-electron chi connectivity index (χ4n) is 3.02. The highest BCUT2D eigenvalue weighted by molar-refractivity contribution is 7.86. The summed E-state index contributed by atoms with van der Waals surface area (Å²) in [5.41, 5.74) is 13.6. The Bertz CT molecular complexity index is 1420. The lowest BCUT2D eigenvalue weighted by atomic mass is 10.1. The van der Waals surface area contributed by atoms with Gasteiger partial charge in [-0.25, -0.2) is 0 Å². The largest absolute Gasteiger partial charge is 0.460 e. The molecule has 0 heterocycles. The molecule has 0 aliphatic rings. The number of nitrogens with two attached hydrogens (primary N) is 2. The average molecular weight is 626 g/mol. The van der Waals surface area contributed by atoms with E-state index >= 15 is 0 Å². The molecular weight excluding hydrogens is 590 g/mol. The number of aryl methyl sites for hydroxylation is 2. The van der Waals surface area contributed by atoms with Crippen LogP contribution in [0.1, 0.15) is 36.0 Å². The standard InChI is InChI=1S/C13H19N3O4.2C7H8O3S/c14-8-2-1-3-12(15)13(17)20-9-10-4-6-11(7-5-10)16(18)19;2*1-6-2-4-7(5-3-6)11(8,9)10/h4-7,12H,1-3,8-9,14-15H2;2*2-5H,1H3,(H,8,9,10)/t12-;;/m0../s1. The van der Waals surface area contributed by atoms with Crippen LogP contribution in [0.15, 0.2) is 82.6 Å².